The first-order valence-electron chi connectivity index (χ1n) is 7.74. The predicted octanol–water partition coefficient (Wildman–Crippen LogP) is 4.89. The monoisotopic (exact) mass is 386 g/mol. The summed E-state index contributed by atoms with van der Waals surface area (Å²) in [6.45, 7) is 0. The first kappa shape index (κ1) is 15.2. The van der Waals surface area contributed by atoms with Gasteiger partial charge in [-0.3, -0.25) is 10.1 Å². The number of nitrogens with zero attached hydrogens (tertiary/aromatic N) is 1. The molecule has 0 bridgehead atoms. The molecule has 0 amide bonds. The number of anilines is 1. The number of non-ortho nitro benzene ring substituents is 1. The molecule has 5 nitrogen and oxygen atoms in total. The average Bonchev–Trinajstić information content (AvgIpc) is 3.05. The standard InChI is InChI=1S/C18H15BrN2O3/c19-11-6-4-10(5-7-11)17-14-3-1-2-13(14)15-8-12(21(23)24)9-16(22)18(15)20-17/h1-2,4-9,13-14,17,20,22H,3H2. The molecule has 3 atom stereocenters. The van der Waals surface area contributed by atoms with Crippen molar-refractivity contribution in [2.24, 2.45) is 5.92 Å². The van der Waals surface area contributed by atoms with E-state index in [0.29, 0.717) is 5.69 Å². The number of hydrogen-bond acceptors (Lipinski definition) is 4. The molecule has 1 heterocycles. The summed E-state index contributed by atoms with van der Waals surface area (Å²) in [5.41, 5.74) is 2.46. The van der Waals surface area contributed by atoms with Gasteiger partial charge in [0.25, 0.3) is 5.69 Å². The summed E-state index contributed by atoms with van der Waals surface area (Å²) in [5, 5.41) is 24.8. The zero-order valence-corrected chi connectivity index (χ0v) is 14.2. The second kappa shape index (κ2) is 5.63. The van der Waals surface area contributed by atoms with E-state index in [1.807, 2.05) is 12.1 Å². The number of nitro groups is 1. The maximum Gasteiger partial charge on any atom is 0.273 e. The number of hydrogen-bond donors (Lipinski definition) is 2. The summed E-state index contributed by atoms with van der Waals surface area (Å²) < 4.78 is 1.02. The van der Waals surface area contributed by atoms with Gasteiger partial charge in [-0.1, -0.05) is 40.2 Å². The Kier molecular flexibility index (Phi) is 3.57. The Morgan fingerprint density at radius 3 is 2.71 bits per heavy atom. The molecule has 6 heteroatoms. The molecular formula is C18H15BrN2O3. The third kappa shape index (κ3) is 2.38. The lowest BCUT2D eigenvalue weighted by atomic mass is 9.77. The smallest absolute Gasteiger partial charge is 0.273 e. The molecule has 2 aromatic carbocycles. The first-order chi connectivity index (χ1) is 11.5. The van der Waals surface area contributed by atoms with E-state index in [-0.39, 0.29) is 29.3 Å². The number of halogens is 1. The molecule has 122 valence electrons. The summed E-state index contributed by atoms with van der Waals surface area (Å²) in [6.07, 6.45) is 5.12. The highest BCUT2D eigenvalue weighted by molar-refractivity contribution is 9.10. The molecule has 24 heavy (non-hydrogen) atoms. The van der Waals surface area contributed by atoms with Crippen molar-refractivity contribution >= 4 is 27.3 Å². The van der Waals surface area contributed by atoms with Crippen molar-refractivity contribution in [3.05, 3.63) is 74.3 Å². The van der Waals surface area contributed by atoms with Crippen molar-refractivity contribution in [3.63, 3.8) is 0 Å². The Morgan fingerprint density at radius 2 is 2.00 bits per heavy atom. The zero-order chi connectivity index (χ0) is 16.8. The van der Waals surface area contributed by atoms with E-state index in [1.54, 1.807) is 6.07 Å². The lowest BCUT2D eigenvalue weighted by molar-refractivity contribution is -0.385. The van der Waals surface area contributed by atoms with Gasteiger partial charge >= 0.3 is 0 Å². The summed E-state index contributed by atoms with van der Waals surface area (Å²) in [7, 11) is 0. The van der Waals surface area contributed by atoms with Crippen LogP contribution in [-0.2, 0) is 0 Å². The molecule has 4 rings (SSSR count). The Balaban J connectivity index is 1.82. The Bertz CT molecular complexity index is 848. The second-order valence-corrected chi connectivity index (χ2v) is 7.13. The first-order valence-corrected chi connectivity index (χ1v) is 8.54. The molecule has 0 fully saturated rings. The Hall–Kier alpha value is -2.34. The van der Waals surface area contributed by atoms with Crippen LogP contribution in [-0.4, -0.2) is 10.0 Å². The molecule has 0 radical (unpaired) electrons. The average molecular weight is 387 g/mol. The molecule has 0 saturated heterocycles. The van der Waals surface area contributed by atoms with E-state index in [4.69, 9.17) is 0 Å². The van der Waals surface area contributed by atoms with Crippen LogP contribution >= 0.6 is 15.9 Å². The quantitative estimate of drug-likeness (QED) is 0.333. The van der Waals surface area contributed by atoms with Crippen molar-refractivity contribution in [1.29, 1.82) is 0 Å². The van der Waals surface area contributed by atoms with Gasteiger partial charge in [-0.25, -0.2) is 0 Å². The molecule has 2 N–H and O–H groups in total. The van der Waals surface area contributed by atoms with Crippen LogP contribution in [0, 0.1) is 16.0 Å². The molecule has 0 saturated carbocycles. The van der Waals surface area contributed by atoms with Gasteiger partial charge in [0.2, 0.25) is 0 Å². The minimum atomic E-state index is -0.464. The number of nitro benzene ring substituents is 1. The van der Waals surface area contributed by atoms with Crippen LogP contribution in [0.3, 0.4) is 0 Å². The summed E-state index contributed by atoms with van der Waals surface area (Å²) >= 11 is 3.45. The molecule has 3 unspecified atom stereocenters. The van der Waals surface area contributed by atoms with Crippen molar-refractivity contribution in [2.75, 3.05) is 5.32 Å². The molecule has 2 aliphatic rings. The molecule has 0 aromatic heterocycles. The maximum atomic E-state index is 11.1. The lowest BCUT2D eigenvalue weighted by Gasteiger charge is -2.37. The largest absolute Gasteiger partial charge is 0.506 e. The Labute approximate surface area is 147 Å². The van der Waals surface area contributed by atoms with Crippen LogP contribution in [0.25, 0.3) is 0 Å². The third-order valence-corrected chi connectivity index (χ3v) is 5.40. The highest BCUT2D eigenvalue weighted by atomic mass is 79.9. The second-order valence-electron chi connectivity index (χ2n) is 6.21. The van der Waals surface area contributed by atoms with E-state index in [1.165, 1.54) is 6.07 Å². The van der Waals surface area contributed by atoms with E-state index in [9.17, 15) is 15.2 Å². The van der Waals surface area contributed by atoms with Gasteiger partial charge in [0, 0.05) is 16.5 Å². The molecular weight excluding hydrogens is 372 g/mol. The van der Waals surface area contributed by atoms with Gasteiger partial charge in [-0.2, -0.15) is 0 Å². The predicted molar refractivity (Wildman–Crippen MR) is 95.3 cm³/mol. The number of phenolic OH excluding ortho intramolecular Hbond substituents is 1. The number of rotatable bonds is 2. The van der Waals surface area contributed by atoms with E-state index in [0.717, 1.165) is 22.0 Å². The van der Waals surface area contributed by atoms with Gasteiger partial charge in [-0.05, 0) is 35.6 Å². The van der Waals surface area contributed by atoms with E-state index in [2.05, 4.69) is 45.5 Å². The SMILES string of the molecule is O=[N+]([O-])c1cc(O)c2c(c1)C1C=CCC1C(c1ccc(Br)cc1)N2. The van der Waals surface area contributed by atoms with Gasteiger partial charge in [0.15, 0.2) is 0 Å². The van der Waals surface area contributed by atoms with Crippen molar-refractivity contribution in [1.82, 2.24) is 0 Å². The number of allylic oxidation sites excluding steroid dienone is 2. The van der Waals surface area contributed by atoms with Crippen LogP contribution in [0.4, 0.5) is 11.4 Å². The molecule has 0 spiro atoms. The summed E-state index contributed by atoms with van der Waals surface area (Å²) in [6, 6.07) is 11.0. The minimum Gasteiger partial charge on any atom is -0.506 e. The van der Waals surface area contributed by atoms with Crippen molar-refractivity contribution in [3.8, 4) is 5.75 Å². The summed E-state index contributed by atoms with van der Waals surface area (Å²) in [4.78, 5) is 10.6. The highest BCUT2D eigenvalue weighted by Crippen LogP contribution is 2.53. The fourth-order valence-corrected chi connectivity index (χ4v) is 4.04. The highest BCUT2D eigenvalue weighted by Gasteiger charge is 2.39. The summed E-state index contributed by atoms with van der Waals surface area (Å²) in [5.74, 6) is 0.279. The van der Waals surface area contributed by atoms with Crippen molar-refractivity contribution < 1.29 is 10.0 Å². The van der Waals surface area contributed by atoms with E-state index < -0.39 is 4.92 Å². The number of fused-ring (bicyclic) bond motifs is 3. The van der Waals surface area contributed by atoms with Gasteiger partial charge < -0.3 is 10.4 Å². The lowest BCUT2D eigenvalue weighted by Crippen LogP contribution is -2.29. The fourth-order valence-electron chi connectivity index (χ4n) is 3.77. The van der Waals surface area contributed by atoms with Crippen LogP contribution in [0.5, 0.6) is 5.75 Å². The zero-order valence-electron chi connectivity index (χ0n) is 12.6. The van der Waals surface area contributed by atoms with Crippen LogP contribution in [0.2, 0.25) is 0 Å². The minimum absolute atomic E-state index is 0.0537. The molecule has 1 aliphatic heterocycles. The third-order valence-electron chi connectivity index (χ3n) is 4.87. The number of benzene rings is 2. The normalized spacial score (nSPS) is 24.1. The van der Waals surface area contributed by atoms with Crippen LogP contribution in [0.1, 0.15) is 29.5 Å². The van der Waals surface area contributed by atoms with E-state index >= 15 is 0 Å². The molecule has 2 aromatic rings. The van der Waals surface area contributed by atoms with Crippen LogP contribution in [0.15, 0.2) is 53.0 Å². The van der Waals surface area contributed by atoms with Crippen molar-refractivity contribution in [2.45, 2.75) is 18.4 Å². The topological polar surface area (TPSA) is 75.4 Å². The Morgan fingerprint density at radius 1 is 1.25 bits per heavy atom. The maximum absolute atomic E-state index is 11.1. The van der Waals surface area contributed by atoms with Gasteiger partial charge in [0.1, 0.15) is 5.75 Å². The number of aromatic hydroxyl groups is 1. The number of nitrogens with one attached hydrogen (secondary N) is 1. The van der Waals surface area contributed by atoms with Gasteiger partial charge in [-0.15, -0.1) is 0 Å². The fraction of sp³-hybridized carbons (Fsp3) is 0.222. The molecule has 1 aliphatic carbocycles. The number of phenols is 1. The van der Waals surface area contributed by atoms with Gasteiger partial charge in [0.05, 0.1) is 22.7 Å². The van der Waals surface area contributed by atoms with Crippen LogP contribution < -0.4 is 5.32 Å².